The van der Waals surface area contributed by atoms with Gasteiger partial charge in [0, 0.05) is 0 Å². The molecule has 2 saturated carbocycles. The number of fused-ring (bicyclic) bond motifs is 5. The van der Waals surface area contributed by atoms with Gasteiger partial charge in [0.15, 0.2) is 6.29 Å². The molecule has 23 heavy (non-hydrogen) atoms. The monoisotopic (exact) mass is 316 g/mol. The summed E-state index contributed by atoms with van der Waals surface area (Å²) in [6.45, 7) is 2.12. The number of hydrogen-bond donors (Lipinski definition) is 3. The van der Waals surface area contributed by atoms with E-state index in [4.69, 9.17) is 0 Å². The normalized spacial score (nSPS) is 41.8. The van der Waals surface area contributed by atoms with Crippen LogP contribution in [-0.4, -0.2) is 33.8 Å². The maximum absolute atomic E-state index is 11.2. The quantitative estimate of drug-likeness (QED) is 0.695. The summed E-state index contributed by atoms with van der Waals surface area (Å²) in [5, 5.41) is 30.5. The van der Waals surface area contributed by atoms with Crippen LogP contribution in [0.5, 0.6) is 5.75 Å². The molecule has 4 rings (SSSR count). The maximum atomic E-state index is 11.2. The number of aliphatic hydroxyl groups excluding tert-OH is 2. The van der Waals surface area contributed by atoms with Gasteiger partial charge in [-0.2, -0.15) is 0 Å². The highest BCUT2D eigenvalue weighted by Crippen LogP contribution is 2.61. The molecule has 0 aromatic heterocycles. The Morgan fingerprint density at radius 1 is 1.26 bits per heavy atom. The van der Waals surface area contributed by atoms with E-state index in [-0.39, 0.29) is 11.2 Å². The summed E-state index contributed by atoms with van der Waals surface area (Å²) in [7, 11) is 0. The lowest BCUT2D eigenvalue weighted by molar-refractivity contribution is -0.0505. The average molecular weight is 316 g/mol. The predicted molar refractivity (Wildman–Crippen MR) is 85.5 cm³/mol. The van der Waals surface area contributed by atoms with E-state index >= 15 is 0 Å². The van der Waals surface area contributed by atoms with Gasteiger partial charge in [-0.1, -0.05) is 6.92 Å². The Balaban J connectivity index is 1.74. The Hall–Kier alpha value is -1.39. The number of carbonyl (C=O) groups is 1. The molecule has 1 aromatic carbocycles. The van der Waals surface area contributed by atoms with Crippen LogP contribution in [0.4, 0.5) is 0 Å². The van der Waals surface area contributed by atoms with E-state index in [1.54, 1.807) is 6.07 Å². The van der Waals surface area contributed by atoms with Crippen LogP contribution in [0, 0.1) is 17.3 Å². The molecule has 3 aliphatic carbocycles. The minimum atomic E-state index is -0.625. The van der Waals surface area contributed by atoms with Gasteiger partial charge < -0.3 is 15.3 Å². The first kappa shape index (κ1) is 15.2. The largest absolute Gasteiger partial charge is 0.507 e. The smallest absolute Gasteiger partial charge is 0.153 e. The van der Waals surface area contributed by atoms with Crippen molar-refractivity contribution < 1.29 is 20.1 Å². The molecule has 0 saturated heterocycles. The van der Waals surface area contributed by atoms with E-state index in [9.17, 15) is 20.1 Å². The molecular formula is C19H24O4. The first-order valence-electron chi connectivity index (χ1n) is 8.63. The van der Waals surface area contributed by atoms with Gasteiger partial charge in [-0.3, -0.25) is 4.79 Å². The molecule has 0 aliphatic heterocycles. The zero-order valence-corrected chi connectivity index (χ0v) is 13.4. The van der Waals surface area contributed by atoms with Crippen LogP contribution in [-0.2, 0) is 6.42 Å². The van der Waals surface area contributed by atoms with Crippen LogP contribution in [0.15, 0.2) is 12.1 Å². The van der Waals surface area contributed by atoms with Gasteiger partial charge >= 0.3 is 0 Å². The molecule has 0 bridgehead atoms. The van der Waals surface area contributed by atoms with Crippen LogP contribution in [0.25, 0.3) is 0 Å². The lowest BCUT2D eigenvalue weighted by atomic mass is 9.55. The van der Waals surface area contributed by atoms with E-state index in [1.807, 2.05) is 6.07 Å². The number of aldehydes is 1. The molecule has 0 spiro atoms. The van der Waals surface area contributed by atoms with Gasteiger partial charge in [-0.15, -0.1) is 0 Å². The lowest BCUT2D eigenvalue weighted by Gasteiger charge is -2.49. The lowest BCUT2D eigenvalue weighted by Crippen LogP contribution is -2.44. The summed E-state index contributed by atoms with van der Waals surface area (Å²) >= 11 is 0. The topological polar surface area (TPSA) is 77.8 Å². The second-order valence-corrected chi connectivity index (χ2v) is 7.94. The number of rotatable bonds is 1. The van der Waals surface area contributed by atoms with Gasteiger partial charge in [0.1, 0.15) is 5.75 Å². The van der Waals surface area contributed by atoms with Crippen molar-refractivity contribution >= 4 is 6.29 Å². The highest BCUT2D eigenvalue weighted by molar-refractivity contribution is 5.80. The average Bonchev–Trinajstić information content (AvgIpc) is 2.77. The van der Waals surface area contributed by atoms with Crippen molar-refractivity contribution in [1.29, 1.82) is 0 Å². The van der Waals surface area contributed by atoms with E-state index < -0.39 is 12.2 Å². The zero-order valence-electron chi connectivity index (χ0n) is 13.4. The molecule has 0 heterocycles. The van der Waals surface area contributed by atoms with Crippen molar-refractivity contribution in [2.24, 2.45) is 17.3 Å². The number of hydrogen-bond acceptors (Lipinski definition) is 4. The van der Waals surface area contributed by atoms with E-state index in [0.717, 1.165) is 37.5 Å². The summed E-state index contributed by atoms with van der Waals surface area (Å²) in [5.41, 5.74) is 2.52. The van der Waals surface area contributed by atoms with Crippen LogP contribution < -0.4 is 0 Å². The summed E-state index contributed by atoms with van der Waals surface area (Å²) < 4.78 is 0. The number of carbonyl (C=O) groups excluding carboxylic acids is 1. The second kappa shape index (κ2) is 5.05. The molecule has 124 valence electrons. The fourth-order valence-electron chi connectivity index (χ4n) is 5.71. The summed E-state index contributed by atoms with van der Waals surface area (Å²) in [6.07, 6.45) is 3.93. The molecule has 4 heteroatoms. The molecule has 0 amide bonds. The highest BCUT2D eigenvalue weighted by Gasteiger charge is 2.57. The summed E-state index contributed by atoms with van der Waals surface area (Å²) in [4.78, 5) is 11.2. The van der Waals surface area contributed by atoms with E-state index in [2.05, 4.69) is 6.92 Å². The zero-order chi connectivity index (χ0) is 16.4. The second-order valence-electron chi connectivity index (χ2n) is 7.94. The molecule has 1 aromatic rings. The van der Waals surface area contributed by atoms with Crippen molar-refractivity contribution in [1.82, 2.24) is 0 Å². The third-order valence-corrected chi connectivity index (χ3v) is 6.97. The minimum absolute atomic E-state index is 0.0737. The SMILES string of the molecule is C[C@]12CC[C@@H]3c4cc(C=O)c(O)cc4CC[C@H]3[C@@H]1C[C@@H](O)[C@@H]2O. The van der Waals surface area contributed by atoms with Crippen molar-refractivity contribution in [3.8, 4) is 5.75 Å². The van der Waals surface area contributed by atoms with Crippen molar-refractivity contribution in [3.63, 3.8) is 0 Å². The third-order valence-electron chi connectivity index (χ3n) is 6.97. The number of aromatic hydroxyl groups is 1. The minimum Gasteiger partial charge on any atom is -0.507 e. The van der Waals surface area contributed by atoms with Crippen molar-refractivity contribution in [3.05, 3.63) is 28.8 Å². The van der Waals surface area contributed by atoms with Crippen LogP contribution >= 0.6 is 0 Å². The van der Waals surface area contributed by atoms with E-state index in [0.29, 0.717) is 29.7 Å². The van der Waals surface area contributed by atoms with Crippen molar-refractivity contribution in [2.45, 2.75) is 57.2 Å². The van der Waals surface area contributed by atoms with Crippen LogP contribution in [0.2, 0.25) is 0 Å². The molecule has 0 unspecified atom stereocenters. The Morgan fingerprint density at radius 3 is 2.78 bits per heavy atom. The van der Waals surface area contributed by atoms with Gasteiger partial charge in [0.05, 0.1) is 17.8 Å². The molecule has 2 fully saturated rings. The fraction of sp³-hybridized carbons (Fsp3) is 0.632. The maximum Gasteiger partial charge on any atom is 0.153 e. The Labute approximate surface area is 136 Å². The number of phenols is 1. The molecule has 6 atom stereocenters. The predicted octanol–water partition coefficient (Wildman–Crippen LogP) is 2.39. The van der Waals surface area contributed by atoms with E-state index in [1.165, 1.54) is 5.56 Å². The van der Waals surface area contributed by atoms with Crippen molar-refractivity contribution in [2.75, 3.05) is 0 Å². The van der Waals surface area contributed by atoms with Crippen LogP contribution in [0.1, 0.15) is 60.0 Å². The number of benzene rings is 1. The molecule has 4 nitrogen and oxygen atoms in total. The number of aliphatic hydroxyl groups is 2. The number of phenolic OH excluding ortho intramolecular Hbond substituents is 1. The first-order valence-corrected chi connectivity index (χ1v) is 8.63. The van der Waals surface area contributed by atoms with Gasteiger partial charge in [0.2, 0.25) is 0 Å². The Morgan fingerprint density at radius 2 is 2.04 bits per heavy atom. The van der Waals surface area contributed by atoms with Gasteiger partial charge in [-0.05, 0) is 78.5 Å². The van der Waals surface area contributed by atoms with Gasteiger partial charge in [0.25, 0.3) is 0 Å². The summed E-state index contributed by atoms with van der Waals surface area (Å²) in [5.74, 6) is 1.21. The molecule has 3 N–H and O–H groups in total. The number of aryl methyl sites for hydroxylation is 1. The Bertz CT molecular complexity index is 655. The first-order chi connectivity index (χ1) is 11.0. The molecular weight excluding hydrogens is 292 g/mol. The molecule has 3 aliphatic rings. The summed E-state index contributed by atoms with van der Waals surface area (Å²) in [6, 6.07) is 3.61. The van der Waals surface area contributed by atoms with Gasteiger partial charge in [-0.25, -0.2) is 0 Å². The highest BCUT2D eigenvalue weighted by atomic mass is 16.3. The van der Waals surface area contributed by atoms with Crippen LogP contribution in [0.3, 0.4) is 0 Å². The third kappa shape index (κ3) is 2.01. The fourth-order valence-corrected chi connectivity index (χ4v) is 5.71. The molecule has 0 radical (unpaired) electrons. The standard InChI is InChI=1S/C19H24O4/c1-19-5-4-12-13(15(19)8-17(22)18(19)23)3-2-10-7-16(21)11(9-20)6-14(10)12/h6-7,9,12-13,15,17-18,21-23H,2-5,8H2,1H3/t12-,13+,15-,17+,18-,19-/m0/s1. The Kier molecular flexibility index (Phi) is 3.33.